The van der Waals surface area contributed by atoms with Crippen molar-refractivity contribution >= 4 is 17.4 Å². The van der Waals surface area contributed by atoms with E-state index in [2.05, 4.69) is 42.8 Å². The summed E-state index contributed by atoms with van der Waals surface area (Å²) >= 11 is 1.75. The molecule has 2 aromatic rings. The first-order valence-electron chi connectivity index (χ1n) is 6.34. The van der Waals surface area contributed by atoms with Crippen molar-refractivity contribution in [1.29, 1.82) is 0 Å². The molecule has 0 aliphatic carbocycles. The Morgan fingerprint density at radius 2 is 1.79 bits per heavy atom. The largest absolute Gasteiger partial charge is 0.392 e. The standard InChI is InChI=1S/C16H19NOS/c1-12(13-7-9-15(19-2)10-8-13)17-16-6-4-3-5-14(16)11-18/h3-10,12,17-18H,11H2,1-2H3. The number of benzene rings is 2. The summed E-state index contributed by atoms with van der Waals surface area (Å²) in [6, 6.07) is 16.6. The van der Waals surface area contributed by atoms with E-state index in [-0.39, 0.29) is 12.6 Å². The molecule has 0 fully saturated rings. The van der Waals surface area contributed by atoms with Gasteiger partial charge in [-0.15, -0.1) is 11.8 Å². The van der Waals surface area contributed by atoms with Crippen LogP contribution in [0.2, 0.25) is 0 Å². The highest BCUT2D eigenvalue weighted by molar-refractivity contribution is 7.98. The lowest BCUT2D eigenvalue weighted by Gasteiger charge is -2.18. The van der Waals surface area contributed by atoms with Crippen molar-refractivity contribution in [2.45, 2.75) is 24.5 Å². The second-order valence-corrected chi connectivity index (χ2v) is 5.33. The number of hydrogen-bond donors (Lipinski definition) is 2. The summed E-state index contributed by atoms with van der Waals surface area (Å²) in [6.07, 6.45) is 2.08. The third kappa shape index (κ3) is 3.52. The summed E-state index contributed by atoms with van der Waals surface area (Å²) in [4.78, 5) is 1.27. The Morgan fingerprint density at radius 3 is 2.42 bits per heavy atom. The molecule has 0 aliphatic rings. The molecular weight excluding hydrogens is 254 g/mol. The van der Waals surface area contributed by atoms with Gasteiger partial charge >= 0.3 is 0 Å². The quantitative estimate of drug-likeness (QED) is 0.805. The number of nitrogens with one attached hydrogen (secondary N) is 1. The van der Waals surface area contributed by atoms with Crippen LogP contribution in [-0.4, -0.2) is 11.4 Å². The van der Waals surface area contributed by atoms with Gasteiger partial charge in [-0.25, -0.2) is 0 Å². The van der Waals surface area contributed by atoms with Crippen LogP contribution in [0.1, 0.15) is 24.1 Å². The highest BCUT2D eigenvalue weighted by atomic mass is 32.2. The number of para-hydroxylation sites is 1. The van der Waals surface area contributed by atoms with Gasteiger partial charge in [0, 0.05) is 22.2 Å². The smallest absolute Gasteiger partial charge is 0.0701 e. The molecule has 1 unspecified atom stereocenters. The highest BCUT2D eigenvalue weighted by Gasteiger charge is 2.07. The van der Waals surface area contributed by atoms with Gasteiger partial charge in [-0.05, 0) is 36.9 Å². The molecule has 0 saturated heterocycles. The van der Waals surface area contributed by atoms with Crippen molar-refractivity contribution in [2.24, 2.45) is 0 Å². The van der Waals surface area contributed by atoms with Crippen LogP contribution >= 0.6 is 11.8 Å². The minimum absolute atomic E-state index is 0.0569. The van der Waals surface area contributed by atoms with Crippen molar-refractivity contribution in [3.05, 3.63) is 59.7 Å². The third-order valence-corrected chi connectivity index (χ3v) is 3.92. The molecule has 0 spiro atoms. The van der Waals surface area contributed by atoms with Crippen LogP contribution in [-0.2, 0) is 6.61 Å². The Morgan fingerprint density at radius 1 is 1.11 bits per heavy atom. The molecule has 0 aliphatic heterocycles. The monoisotopic (exact) mass is 273 g/mol. The first-order valence-corrected chi connectivity index (χ1v) is 7.56. The first-order chi connectivity index (χ1) is 9.24. The van der Waals surface area contributed by atoms with Gasteiger partial charge in [0.1, 0.15) is 0 Å². The van der Waals surface area contributed by atoms with Crippen molar-refractivity contribution in [3.8, 4) is 0 Å². The van der Waals surface area contributed by atoms with Crippen molar-refractivity contribution in [3.63, 3.8) is 0 Å². The van der Waals surface area contributed by atoms with Crippen LogP contribution in [0.25, 0.3) is 0 Å². The Balaban J connectivity index is 2.13. The summed E-state index contributed by atoms with van der Waals surface area (Å²) < 4.78 is 0. The molecule has 1 atom stereocenters. The molecule has 0 radical (unpaired) electrons. The lowest BCUT2D eigenvalue weighted by Crippen LogP contribution is -2.08. The molecule has 0 aromatic heterocycles. The van der Waals surface area contributed by atoms with E-state index in [1.807, 2.05) is 24.3 Å². The van der Waals surface area contributed by atoms with Gasteiger partial charge in [-0.2, -0.15) is 0 Å². The SMILES string of the molecule is CSc1ccc(C(C)Nc2ccccc2CO)cc1. The summed E-state index contributed by atoms with van der Waals surface area (Å²) in [7, 11) is 0. The number of rotatable bonds is 5. The van der Waals surface area contributed by atoms with Crippen LogP contribution in [0, 0.1) is 0 Å². The second-order valence-electron chi connectivity index (χ2n) is 4.45. The molecule has 100 valence electrons. The number of aliphatic hydroxyl groups is 1. The molecule has 3 heteroatoms. The molecule has 0 saturated carbocycles. The van der Waals surface area contributed by atoms with Gasteiger partial charge < -0.3 is 10.4 Å². The lowest BCUT2D eigenvalue weighted by atomic mass is 10.1. The molecule has 2 nitrogen and oxygen atoms in total. The Labute approximate surface area is 118 Å². The van der Waals surface area contributed by atoms with Crippen LogP contribution in [0.5, 0.6) is 0 Å². The molecular formula is C16H19NOS. The maximum absolute atomic E-state index is 9.33. The van der Waals surface area contributed by atoms with Crippen LogP contribution in [0.4, 0.5) is 5.69 Å². The molecule has 0 heterocycles. The van der Waals surface area contributed by atoms with Gasteiger partial charge in [-0.3, -0.25) is 0 Å². The molecule has 2 N–H and O–H groups in total. The zero-order valence-electron chi connectivity index (χ0n) is 11.3. The minimum Gasteiger partial charge on any atom is -0.392 e. The van der Waals surface area contributed by atoms with Crippen molar-refractivity contribution < 1.29 is 5.11 Å². The summed E-state index contributed by atoms with van der Waals surface area (Å²) in [6.45, 7) is 2.18. The second kappa shape index (κ2) is 6.64. The molecule has 19 heavy (non-hydrogen) atoms. The van der Waals surface area contributed by atoms with E-state index in [9.17, 15) is 5.11 Å². The number of aliphatic hydroxyl groups excluding tert-OH is 1. The number of anilines is 1. The van der Waals surface area contributed by atoms with Crippen LogP contribution < -0.4 is 5.32 Å². The maximum Gasteiger partial charge on any atom is 0.0701 e. The van der Waals surface area contributed by atoms with E-state index < -0.39 is 0 Å². The number of hydrogen-bond acceptors (Lipinski definition) is 3. The molecule has 2 aromatic carbocycles. The topological polar surface area (TPSA) is 32.3 Å². The Hall–Kier alpha value is -1.45. The van der Waals surface area contributed by atoms with E-state index in [0.717, 1.165) is 11.3 Å². The minimum atomic E-state index is 0.0569. The fourth-order valence-electron chi connectivity index (χ4n) is 2.01. The van der Waals surface area contributed by atoms with E-state index >= 15 is 0 Å². The first kappa shape index (κ1) is 14.0. The average Bonchev–Trinajstić information content (AvgIpc) is 2.48. The van der Waals surface area contributed by atoms with E-state index in [4.69, 9.17) is 0 Å². The van der Waals surface area contributed by atoms with E-state index in [0.29, 0.717) is 0 Å². The van der Waals surface area contributed by atoms with Gasteiger partial charge in [0.15, 0.2) is 0 Å². The fraction of sp³-hybridized carbons (Fsp3) is 0.250. The summed E-state index contributed by atoms with van der Waals surface area (Å²) in [5, 5.41) is 12.8. The predicted molar refractivity (Wildman–Crippen MR) is 82.6 cm³/mol. The van der Waals surface area contributed by atoms with Gasteiger partial charge in [0.2, 0.25) is 0 Å². The zero-order chi connectivity index (χ0) is 13.7. The number of thioether (sulfide) groups is 1. The van der Waals surface area contributed by atoms with Gasteiger partial charge in [0.25, 0.3) is 0 Å². The third-order valence-electron chi connectivity index (χ3n) is 3.18. The highest BCUT2D eigenvalue weighted by Crippen LogP contribution is 2.24. The van der Waals surface area contributed by atoms with Gasteiger partial charge in [0.05, 0.1) is 6.61 Å². The molecule has 0 bridgehead atoms. The predicted octanol–water partition coefficient (Wildman–Crippen LogP) is 4.07. The summed E-state index contributed by atoms with van der Waals surface area (Å²) in [5.41, 5.74) is 3.16. The molecule has 2 rings (SSSR count). The lowest BCUT2D eigenvalue weighted by molar-refractivity contribution is 0.282. The fourth-order valence-corrected chi connectivity index (χ4v) is 2.42. The normalized spacial score (nSPS) is 12.2. The Bertz CT molecular complexity index is 525. The van der Waals surface area contributed by atoms with Crippen LogP contribution in [0.3, 0.4) is 0 Å². The maximum atomic E-state index is 9.33. The van der Waals surface area contributed by atoms with E-state index in [1.165, 1.54) is 10.5 Å². The zero-order valence-corrected chi connectivity index (χ0v) is 12.1. The van der Waals surface area contributed by atoms with E-state index in [1.54, 1.807) is 11.8 Å². The van der Waals surface area contributed by atoms with Crippen molar-refractivity contribution in [1.82, 2.24) is 0 Å². The van der Waals surface area contributed by atoms with Crippen LogP contribution in [0.15, 0.2) is 53.4 Å². The Kier molecular flexibility index (Phi) is 4.88. The molecule has 0 amide bonds. The average molecular weight is 273 g/mol. The van der Waals surface area contributed by atoms with Crippen molar-refractivity contribution in [2.75, 3.05) is 11.6 Å². The van der Waals surface area contributed by atoms with Gasteiger partial charge in [-0.1, -0.05) is 30.3 Å². The summed E-state index contributed by atoms with van der Waals surface area (Å²) in [5.74, 6) is 0.